The van der Waals surface area contributed by atoms with Gasteiger partial charge in [0.15, 0.2) is 4.34 Å². The van der Waals surface area contributed by atoms with Crippen LogP contribution in [0.1, 0.15) is 41.6 Å². The Morgan fingerprint density at radius 1 is 1.03 bits per heavy atom. The van der Waals surface area contributed by atoms with Crippen LogP contribution in [-0.4, -0.2) is 38.6 Å². The molecule has 0 radical (unpaired) electrons. The number of hydrogen-bond acceptors (Lipinski definition) is 9. The van der Waals surface area contributed by atoms with E-state index in [1.807, 2.05) is 13.8 Å². The number of rotatable bonds is 9. The molecule has 10 heteroatoms. The van der Waals surface area contributed by atoms with Gasteiger partial charge in [0.2, 0.25) is 5.13 Å². The number of ether oxygens (including phenoxy) is 1. The van der Waals surface area contributed by atoms with Gasteiger partial charge in [0.1, 0.15) is 11.5 Å². The maximum atomic E-state index is 13.4. The highest BCUT2D eigenvalue weighted by Gasteiger charge is 2.48. The smallest absolute Gasteiger partial charge is 0.301 e. The third kappa shape index (κ3) is 5.71. The van der Waals surface area contributed by atoms with Gasteiger partial charge in [-0.15, -0.1) is 10.2 Å². The van der Waals surface area contributed by atoms with Crippen LogP contribution in [0.15, 0.2) is 83.0 Å². The standard InChI is InChI=1S/C29H26N4O4S2/c1-3-16-37-22-10-8-20(9-11-22)24-23(25(34)21-12-14-30-15-13-21)26(35)27(36)33(24)28-31-32-29(39-28)38-17-19-6-4-18(2)5-7-19/h4-15,24,34H,3,16-17H2,1-2H3/b25-23+. The summed E-state index contributed by atoms with van der Waals surface area (Å²) in [5.41, 5.74) is 3.34. The van der Waals surface area contributed by atoms with Crippen LogP contribution in [0.4, 0.5) is 5.13 Å². The molecule has 1 aliphatic rings. The molecule has 1 fully saturated rings. The highest BCUT2D eigenvalue weighted by atomic mass is 32.2. The number of hydrogen-bond donors (Lipinski definition) is 1. The Labute approximate surface area is 234 Å². The van der Waals surface area contributed by atoms with E-state index in [0.717, 1.165) is 12.0 Å². The van der Waals surface area contributed by atoms with Crippen molar-refractivity contribution < 1.29 is 19.4 Å². The van der Waals surface area contributed by atoms with Crippen LogP contribution >= 0.6 is 23.1 Å². The third-order valence-electron chi connectivity index (χ3n) is 6.15. The number of ketones is 1. The van der Waals surface area contributed by atoms with Gasteiger partial charge in [-0.3, -0.25) is 19.5 Å². The first-order valence-electron chi connectivity index (χ1n) is 12.4. The number of Topliss-reactive ketones (excluding diaryl/α,β-unsaturated/α-hetero) is 1. The molecule has 5 rings (SSSR count). The van der Waals surface area contributed by atoms with Gasteiger partial charge in [0.05, 0.1) is 18.2 Å². The van der Waals surface area contributed by atoms with Crippen molar-refractivity contribution in [2.24, 2.45) is 0 Å². The summed E-state index contributed by atoms with van der Waals surface area (Å²) >= 11 is 2.74. The first kappa shape index (κ1) is 26.6. The van der Waals surface area contributed by atoms with E-state index in [4.69, 9.17) is 4.74 Å². The summed E-state index contributed by atoms with van der Waals surface area (Å²) in [5.74, 6) is -0.457. The summed E-state index contributed by atoms with van der Waals surface area (Å²) in [6.45, 7) is 4.64. The summed E-state index contributed by atoms with van der Waals surface area (Å²) in [4.78, 5) is 32.0. The van der Waals surface area contributed by atoms with Gasteiger partial charge in [0.25, 0.3) is 5.78 Å². The van der Waals surface area contributed by atoms with Gasteiger partial charge < -0.3 is 9.84 Å². The van der Waals surface area contributed by atoms with Crippen LogP contribution in [0, 0.1) is 6.92 Å². The predicted octanol–water partition coefficient (Wildman–Crippen LogP) is 5.95. The molecule has 4 aromatic rings. The molecule has 1 saturated heterocycles. The number of aromatic nitrogens is 3. The maximum Gasteiger partial charge on any atom is 0.301 e. The fourth-order valence-corrected chi connectivity index (χ4v) is 5.99. The van der Waals surface area contributed by atoms with Gasteiger partial charge in [0, 0.05) is 23.7 Å². The zero-order valence-electron chi connectivity index (χ0n) is 21.4. The second kappa shape index (κ2) is 11.8. The molecule has 0 spiro atoms. The van der Waals surface area contributed by atoms with Gasteiger partial charge >= 0.3 is 5.91 Å². The van der Waals surface area contributed by atoms with E-state index in [2.05, 4.69) is 39.4 Å². The summed E-state index contributed by atoms with van der Waals surface area (Å²) in [6.07, 6.45) is 3.90. The zero-order chi connectivity index (χ0) is 27.4. The number of carbonyl (C=O) groups is 2. The fraction of sp³-hybridized carbons (Fsp3) is 0.207. The van der Waals surface area contributed by atoms with Crippen molar-refractivity contribution in [3.8, 4) is 5.75 Å². The molecule has 0 bridgehead atoms. The molecule has 198 valence electrons. The Hall–Kier alpha value is -4.02. The van der Waals surface area contributed by atoms with Crippen molar-refractivity contribution in [2.75, 3.05) is 11.5 Å². The fourth-order valence-electron chi connectivity index (χ4n) is 4.16. The van der Waals surface area contributed by atoms with Crippen molar-refractivity contribution in [3.63, 3.8) is 0 Å². The Morgan fingerprint density at radius 3 is 2.44 bits per heavy atom. The molecular weight excluding hydrogens is 532 g/mol. The molecule has 1 N–H and O–H groups in total. The summed E-state index contributed by atoms with van der Waals surface area (Å²) in [6, 6.07) is 17.7. The number of amides is 1. The minimum Gasteiger partial charge on any atom is -0.507 e. The number of anilines is 1. The van der Waals surface area contributed by atoms with E-state index in [1.165, 1.54) is 46.0 Å². The van der Waals surface area contributed by atoms with Crippen molar-refractivity contribution in [2.45, 2.75) is 36.4 Å². The number of aliphatic hydroxyl groups is 1. The third-order valence-corrected chi connectivity index (χ3v) is 8.28. The van der Waals surface area contributed by atoms with E-state index < -0.39 is 17.7 Å². The molecule has 0 aliphatic carbocycles. The first-order chi connectivity index (χ1) is 19.0. The quantitative estimate of drug-likeness (QED) is 0.0884. The van der Waals surface area contributed by atoms with Crippen LogP contribution in [0.3, 0.4) is 0 Å². The van der Waals surface area contributed by atoms with Crippen LogP contribution < -0.4 is 9.64 Å². The topological polar surface area (TPSA) is 106 Å². The number of aryl methyl sites for hydroxylation is 1. The minimum absolute atomic E-state index is 0.0162. The van der Waals surface area contributed by atoms with Crippen molar-refractivity contribution in [3.05, 3.63) is 101 Å². The molecule has 1 atom stereocenters. The molecule has 1 unspecified atom stereocenters. The molecule has 2 aromatic heterocycles. The minimum atomic E-state index is -0.888. The molecule has 8 nitrogen and oxygen atoms in total. The Kier molecular flexibility index (Phi) is 8.04. The molecule has 39 heavy (non-hydrogen) atoms. The number of benzene rings is 2. The first-order valence-corrected chi connectivity index (χ1v) is 14.2. The van der Waals surface area contributed by atoms with Crippen LogP contribution in [0.25, 0.3) is 5.76 Å². The van der Waals surface area contributed by atoms with E-state index in [1.54, 1.807) is 36.4 Å². The maximum absolute atomic E-state index is 13.4. The molecule has 2 aromatic carbocycles. The number of nitrogens with zero attached hydrogens (tertiary/aromatic N) is 4. The zero-order valence-corrected chi connectivity index (χ0v) is 23.0. The lowest BCUT2D eigenvalue weighted by atomic mass is 9.95. The van der Waals surface area contributed by atoms with Crippen molar-refractivity contribution >= 4 is 45.7 Å². The largest absolute Gasteiger partial charge is 0.507 e. The lowest BCUT2D eigenvalue weighted by molar-refractivity contribution is -0.132. The number of aliphatic hydroxyl groups excluding tert-OH is 1. The van der Waals surface area contributed by atoms with Crippen molar-refractivity contribution in [1.29, 1.82) is 0 Å². The number of carbonyl (C=O) groups excluding carboxylic acids is 2. The van der Waals surface area contributed by atoms with Gasteiger partial charge in [-0.05, 0) is 48.7 Å². The molecule has 0 saturated carbocycles. The monoisotopic (exact) mass is 558 g/mol. The average molecular weight is 559 g/mol. The second-order valence-electron chi connectivity index (χ2n) is 8.95. The Balaban J connectivity index is 1.51. The molecular formula is C29H26N4O4S2. The molecule has 3 heterocycles. The van der Waals surface area contributed by atoms with Crippen LogP contribution in [0.2, 0.25) is 0 Å². The highest BCUT2D eigenvalue weighted by Crippen LogP contribution is 2.44. The summed E-state index contributed by atoms with van der Waals surface area (Å²) in [5, 5.41) is 20.0. The SMILES string of the molecule is CCCOc1ccc(C2/C(=C(\O)c3ccncc3)C(=O)C(=O)N2c2nnc(SCc3ccc(C)cc3)s2)cc1. The normalized spacial score (nSPS) is 16.6. The van der Waals surface area contributed by atoms with Crippen LogP contribution in [-0.2, 0) is 15.3 Å². The van der Waals surface area contributed by atoms with E-state index in [-0.39, 0.29) is 16.5 Å². The Bertz CT molecular complexity index is 1500. The Morgan fingerprint density at radius 2 is 1.74 bits per heavy atom. The van der Waals surface area contributed by atoms with Crippen molar-refractivity contribution in [1.82, 2.24) is 15.2 Å². The van der Waals surface area contributed by atoms with Gasteiger partial charge in [-0.25, -0.2) is 0 Å². The molecule has 1 aliphatic heterocycles. The number of thioether (sulfide) groups is 1. The van der Waals surface area contributed by atoms with Gasteiger partial charge in [-0.1, -0.05) is 72.0 Å². The van der Waals surface area contributed by atoms with Crippen LogP contribution in [0.5, 0.6) is 5.75 Å². The van der Waals surface area contributed by atoms with E-state index >= 15 is 0 Å². The molecule has 1 amide bonds. The summed E-state index contributed by atoms with van der Waals surface area (Å²) in [7, 11) is 0. The highest BCUT2D eigenvalue weighted by molar-refractivity contribution is 8.00. The predicted molar refractivity (Wildman–Crippen MR) is 152 cm³/mol. The lowest BCUT2D eigenvalue weighted by Crippen LogP contribution is -2.29. The van der Waals surface area contributed by atoms with Gasteiger partial charge in [-0.2, -0.15) is 0 Å². The second-order valence-corrected chi connectivity index (χ2v) is 11.1. The summed E-state index contributed by atoms with van der Waals surface area (Å²) < 4.78 is 6.37. The number of pyridine rings is 1. The lowest BCUT2D eigenvalue weighted by Gasteiger charge is -2.22. The average Bonchev–Trinajstić information content (AvgIpc) is 3.54. The van der Waals surface area contributed by atoms with E-state index in [9.17, 15) is 14.7 Å². The van der Waals surface area contributed by atoms with E-state index in [0.29, 0.717) is 33.6 Å².